The van der Waals surface area contributed by atoms with Crippen molar-refractivity contribution in [3.8, 4) is 16.9 Å². The number of nitrogens with two attached hydrogens (primary N) is 1. The summed E-state index contributed by atoms with van der Waals surface area (Å²) in [7, 11) is -2.08. The zero-order chi connectivity index (χ0) is 28.9. The van der Waals surface area contributed by atoms with Crippen LogP contribution >= 0.6 is 11.6 Å². The summed E-state index contributed by atoms with van der Waals surface area (Å²) < 4.78 is 46.4. The van der Waals surface area contributed by atoms with Crippen LogP contribution in [-0.2, 0) is 31.7 Å². The van der Waals surface area contributed by atoms with Gasteiger partial charge in [0, 0.05) is 48.2 Å². The molecule has 1 heterocycles. The number of methoxy groups -OCH3 is 1. The van der Waals surface area contributed by atoms with E-state index in [1.54, 1.807) is 25.4 Å². The highest BCUT2D eigenvalue weighted by Gasteiger charge is 2.48. The van der Waals surface area contributed by atoms with Gasteiger partial charge in [-0.25, -0.2) is 13.1 Å². The van der Waals surface area contributed by atoms with E-state index in [0.29, 0.717) is 30.2 Å². The number of aromatic nitrogens is 1. The molecule has 3 aromatic rings. The number of ether oxygens (including phenoxy) is 3. The van der Waals surface area contributed by atoms with E-state index in [9.17, 15) is 8.42 Å². The smallest absolute Gasteiger partial charge is 0.240 e. The van der Waals surface area contributed by atoms with Crippen LogP contribution in [0.4, 0.5) is 0 Å². The minimum atomic E-state index is -3.70. The lowest BCUT2D eigenvalue weighted by Crippen LogP contribution is -2.27. The summed E-state index contributed by atoms with van der Waals surface area (Å²) in [4.78, 5) is 4.57. The Morgan fingerprint density at radius 1 is 1.12 bits per heavy atom. The van der Waals surface area contributed by atoms with Crippen LogP contribution in [0.2, 0.25) is 5.02 Å². The quantitative estimate of drug-likeness (QED) is 0.207. The number of benzene rings is 2. The van der Waals surface area contributed by atoms with Crippen LogP contribution in [0.15, 0.2) is 65.8 Å². The largest absolute Gasteiger partial charge is 0.490 e. The van der Waals surface area contributed by atoms with Crippen molar-refractivity contribution in [2.24, 2.45) is 5.73 Å². The number of para-hydroxylation sites is 1. The summed E-state index contributed by atoms with van der Waals surface area (Å²) in [6, 6.07) is 14.8. The highest BCUT2D eigenvalue weighted by atomic mass is 35.5. The van der Waals surface area contributed by atoms with Crippen LogP contribution in [0.1, 0.15) is 56.1 Å². The van der Waals surface area contributed by atoms with Gasteiger partial charge in [0.15, 0.2) is 0 Å². The molecule has 1 aromatic heterocycles. The molecule has 1 atom stereocenters. The first-order valence-electron chi connectivity index (χ1n) is 14.2. The van der Waals surface area contributed by atoms with E-state index in [1.165, 1.54) is 6.07 Å². The summed E-state index contributed by atoms with van der Waals surface area (Å²) in [6.07, 6.45) is 10.0. The lowest BCUT2D eigenvalue weighted by molar-refractivity contribution is 0.0173. The second-order valence-electron chi connectivity index (χ2n) is 10.9. The molecule has 8 nitrogen and oxygen atoms in total. The Kier molecular flexibility index (Phi) is 9.63. The molecule has 5 rings (SSSR count). The van der Waals surface area contributed by atoms with Gasteiger partial charge in [0.1, 0.15) is 5.75 Å². The maximum Gasteiger partial charge on any atom is 0.240 e. The predicted octanol–water partition coefficient (Wildman–Crippen LogP) is 5.57. The number of halogens is 1. The third kappa shape index (κ3) is 7.66. The fraction of sp³-hybridized carbons (Fsp3) is 0.452. The van der Waals surface area contributed by atoms with Gasteiger partial charge in [0.25, 0.3) is 0 Å². The normalized spacial score (nSPS) is 16.9. The van der Waals surface area contributed by atoms with Gasteiger partial charge in [0.2, 0.25) is 10.0 Å². The second kappa shape index (κ2) is 13.2. The SMILES string of the molecule is COC[C@@H](N)CCCCNS(=O)(=O)c1ccc(Cl)c(COC2(c3cnccc3-c3ccccc3OC3CC3)CC2)c1. The summed E-state index contributed by atoms with van der Waals surface area (Å²) in [6.45, 7) is 0.996. The average molecular weight is 600 g/mol. The molecule has 41 heavy (non-hydrogen) atoms. The van der Waals surface area contributed by atoms with Crippen LogP contribution in [0.3, 0.4) is 0 Å². The molecule has 0 unspecified atom stereocenters. The number of hydrogen-bond donors (Lipinski definition) is 2. The summed E-state index contributed by atoms with van der Waals surface area (Å²) in [5, 5.41) is 0.460. The summed E-state index contributed by atoms with van der Waals surface area (Å²) >= 11 is 6.50. The molecular weight excluding hydrogens is 562 g/mol. The van der Waals surface area contributed by atoms with Crippen molar-refractivity contribution in [3.05, 3.63) is 77.1 Å². The van der Waals surface area contributed by atoms with Crippen molar-refractivity contribution < 1.29 is 22.6 Å². The van der Waals surface area contributed by atoms with Gasteiger partial charge >= 0.3 is 0 Å². The van der Waals surface area contributed by atoms with Gasteiger partial charge < -0.3 is 19.9 Å². The van der Waals surface area contributed by atoms with Crippen molar-refractivity contribution in [3.63, 3.8) is 0 Å². The van der Waals surface area contributed by atoms with Crippen molar-refractivity contribution in [2.75, 3.05) is 20.3 Å². The molecular formula is C31H38ClN3O5S. The van der Waals surface area contributed by atoms with Gasteiger partial charge in [-0.05, 0) is 80.0 Å². The molecule has 0 spiro atoms. The van der Waals surface area contributed by atoms with Crippen molar-refractivity contribution >= 4 is 21.6 Å². The Morgan fingerprint density at radius 2 is 1.93 bits per heavy atom. The average Bonchev–Trinajstić information content (AvgIpc) is 3.90. The molecule has 3 N–H and O–H groups in total. The Bertz CT molecular complexity index is 1440. The van der Waals surface area contributed by atoms with Crippen molar-refractivity contribution in [1.29, 1.82) is 0 Å². The number of hydrogen-bond acceptors (Lipinski definition) is 7. The maximum atomic E-state index is 13.0. The summed E-state index contributed by atoms with van der Waals surface area (Å²) in [5.74, 6) is 0.865. The van der Waals surface area contributed by atoms with E-state index in [1.807, 2.05) is 30.5 Å². The number of sulfonamides is 1. The molecule has 2 aliphatic rings. The Hall–Kier alpha value is -2.53. The zero-order valence-electron chi connectivity index (χ0n) is 23.4. The molecule has 0 bridgehead atoms. The first-order valence-corrected chi connectivity index (χ1v) is 16.0. The third-order valence-electron chi connectivity index (χ3n) is 7.52. The predicted molar refractivity (Wildman–Crippen MR) is 159 cm³/mol. The van der Waals surface area contributed by atoms with E-state index in [-0.39, 0.29) is 23.6 Å². The first kappa shape index (κ1) is 29.9. The highest BCUT2D eigenvalue weighted by molar-refractivity contribution is 7.89. The van der Waals surface area contributed by atoms with Crippen LogP contribution in [0.25, 0.3) is 11.1 Å². The van der Waals surface area contributed by atoms with Crippen molar-refractivity contribution in [1.82, 2.24) is 9.71 Å². The number of pyridine rings is 1. The zero-order valence-corrected chi connectivity index (χ0v) is 24.9. The monoisotopic (exact) mass is 599 g/mol. The Labute approximate surface area is 247 Å². The molecule has 2 fully saturated rings. The fourth-order valence-electron chi connectivity index (χ4n) is 4.92. The Balaban J connectivity index is 1.26. The van der Waals surface area contributed by atoms with Gasteiger partial charge in [-0.3, -0.25) is 4.98 Å². The minimum absolute atomic E-state index is 0.0428. The molecule has 10 heteroatoms. The molecule has 0 aliphatic heterocycles. The first-order chi connectivity index (χ1) is 19.8. The Morgan fingerprint density at radius 3 is 2.68 bits per heavy atom. The van der Waals surface area contributed by atoms with Gasteiger partial charge in [0.05, 0.1) is 29.8 Å². The van der Waals surface area contributed by atoms with Crippen LogP contribution in [-0.4, -0.2) is 45.8 Å². The third-order valence-corrected chi connectivity index (χ3v) is 9.34. The fourth-order valence-corrected chi connectivity index (χ4v) is 6.21. The van der Waals surface area contributed by atoms with E-state index < -0.39 is 15.6 Å². The molecule has 0 radical (unpaired) electrons. The number of unbranched alkanes of at least 4 members (excludes halogenated alkanes) is 1. The van der Waals surface area contributed by atoms with E-state index in [0.717, 1.165) is 61.0 Å². The van der Waals surface area contributed by atoms with Crippen LogP contribution in [0, 0.1) is 0 Å². The van der Waals surface area contributed by atoms with Crippen molar-refractivity contribution in [2.45, 2.75) is 74.2 Å². The maximum absolute atomic E-state index is 13.0. The van der Waals surface area contributed by atoms with E-state index >= 15 is 0 Å². The highest BCUT2D eigenvalue weighted by Crippen LogP contribution is 2.53. The second-order valence-corrected chi connectivity index (χ2v) is 13.1. The van der Waals surface area contributed by atoms with E-state index in [2.05, 4.69) is 15.8 Å². The molecule has 2 saturated carbocycles. The van der Waals surface area contributed by atoms with E-state index in [4.69, 9.17) is 31.5 Å². The number of rotatable bonds is 16. The molecule has 2 aromatic carbocycles. The van der Waals surface area contributed by atoms with Gasteiger partial charge in [-0.15, -0.1) is 0 Å². The minimum Gasteiger partial charge on any atom is -0.490 e. The molecule has 0 amide bonds. The van der Waals surface area contributed by atoms with Crippen LogP contribution in [0.5, 0.6) is 5.75 Å². The van der Waals surface area contributed by atoms with Gasteiger partial charge in [-0.1, -0.05) is 36.2 Å². The lowest BCUT2D eigenvalue weighted by Gasteiger charge is -2.22. The number of nitrogens with one attached hydrogen (secondary N) is 1. The molecule has 2 aliphatic carbocycles. The molecule has 220 valence electrons. The van der Waals surface area contributed by atoms with Crippen LogP contribution < -0.4 is 15.2 Å². The standard InChI is InChI=1S/C31H38ClN3O5S/c1-38-21-23(33)6-4-5-16-35-41(36,37)25-11-12-29(32)22(18-25)20-39-31(14-15-31)28-19-34-17-13-26(28)27-7-2-3-8-30(27)40-24-9-10-24/h2-3,7-8,11-13,17-19,23-24,35H,4-6,9-10,14-16,20-21,33H2,1H3/t23-/m0/s1. The number of nitrogens with zero attached hydrogens (tertiary/aromatic N) is 1. The molecule has 0 saturated heterocycles. The van der Waals surface area contributed by atoms with Gasteiger partial charge in [-0.2, -0.15) is 0 Å². The lowest BCUT2D eigenvalue weighted by atomic mass is 9.96. The summed E-state index contributed by atoms with van der Waals surface area (Å²) in [5.41, 5.74) is 9.09. The topological polar surface area (TPSA) is 113 Å².